The lowest BCUT2D eigenvalue weighted by Crippen LogP contribution is -2.53. The molecule has 0 bridgehead atoms. The van der Waals surface area contributed by atoms with Crippen LogP contribution in [0.4, 0.5) is 0 Å². The number of likely N-dealkylation sites (N-methyl/N-ethyl adjacent to an activating group) is 1. The van der Waals surface area contributed by atoms with Crippen molar-refractivity contribution in [3.63, 3.8) is 0 Å². The molecule has 5 nitrogen and oxygen atoms in total. The molecule has 1 heterocycles. The van der Waals surface area contributed by atoms with Crippen LogP contribution in [0, 0.1) is 0 Å². The van der Waals surface area contributed by atoms with Crippen LogP contribution in [0.5, 0.6) is 0 Å². The summed E-state index contributed by atoms with van der Waals surface area (Å²) in [4.78, 5) is 7.25. The van der Waals surface area contributed by atoms with Crippen LogP contribution >= 0.6 is 0 Å². The molecule has 2 unspecified atom stereocenters. The fourth-order valence-electron chi connectivity index (χ4n) is 2.64. The molecule has 1 fully saturated rings. The number of aliphatic hydroxyl groups excluding tert-OH is 1. The highest BCUT2D eigenvalue weighted by Gasteiger charge is 2.26. The van der Waals surface area contributed by atoms with Crippen molar-refractivity contribution in [2.75, 3.05) is 60.0 Å². The lowest BCUT2D eigenvalue weighted by molar-refractivity contribution is 0.0773. The Hall–Kier alpha value is -0.200. The van der Waals surface area contributed by atoms with Gasteiger partial charge >= 0.3 is 0 Å². The van der Waals surface area contributed by atoms with Crippen molar-refractivity contribution in [1.29, 1.82) is 0 Å². The summed E-state index contributed by atoms with van der Waals surface area (Å²) < 4.78 is 0. The molecule has 0 aliphatic carbocycles. The first-order chi connectivity index (χ1) is 8.84. The van der Waals surface area contributed by atoms with E-state index in [0.717, 1.165) is 45.7 Å². The normalized spacial score (nSPS) is 23.5. The highest BCUT2D eigenvalue weighted by atomic mass is 16.3. The van der Waals surface area contributed by atoms with Crippen LogP contribution in [0.15, 0.2) is 0 Å². The molecule has 0 radical (unpaired) electrons. The molecule has 1 aliphatic rings. The Kier molecular flexibility index (Phi) is 6.69. The summed E-state index contributed by atoms with van der Waals surface area (Å²) in [5.74, 6) is 0. The summed E-state index contributed by atoms with van der Waals surface area (Å²) in [5.41, 5.74) is 5.58. The van der Waals surface area contributed by atoms with E-state index in [0.29, 0.717) is 6.04 Å². The maximum atomic E-state index is 9.25. The molecule has 1 rings (SSSR count). The van der Waals surface area contributed by atoms with Gasteiger partial charge in [0.1, 0.15) is 0 Å². The van der Waals surface area contributed by atoms with Crippen LogP contribution in [0.1, 0.15) is 20.3 Å². The average molecular weight is 272 g/mol. The molecule has 114 valence electrons. The molecule has 0 spiro atoms. The minimum absolute atomic E-state index is 0.0557. The quantitative estimate of drug-likeness (QED) is 0.664. The molecule has 0 amide bonds. The third-order valence-electron chi connectivity index (χ3n) is 4.02. The van der Waals surface area contributed by atoms with Crippen molar-refractivity contribution in [2.24, 2.45) is 5.73 Å². The number of hydrogen-bond acceptors (Lipinski definition) is 5. The Labute approximate surface area is 118 Å². The molecule has 1 saturated heterocycles. The van der Waals surface area contributed by atoms with Crippen molar-refractivity contribution in [1.82, 2.24) is 14.7 Å². The summed E-state index contributed by atoms with van der Waals surface area (Å²) in [6.07, 6.45) is 0.848. The first-order valence-electron chi connectivity index (χ1n) is 7.35. The van der Waals surface area contributed by atoms with Crippen molar-refractivity contribution in [3.8, 4) is 0 Å². The van der Waals surface area contributed by atoms with E-state index in [-0.39, 0.29) is 6.61 Å². The molecule has 1 aliphatic heterocycles. The van der Waals surface area contributed by atoms with E-state index in [1.54, 1.807) is 0 Å². The molecule has 0 aromatic heterocycles. The minimum atomic E-state index is -0.457. The summed E-state index contributed by atoms with van der Waals surface area (Å²) in [7, 11) is 4.24. The number of aliphatic hydroxyl groups is 1. The van der Waals surface area contributed by atoms with Gasteiger partial charge in [-0.1, -0.05) is 0 Å². The van der Waals surface area contributed by atoms with Gasteiger partial charge in [0.25, 0.3) is 0 Å². The second-order valence-electron chi connectivity index (χ2n) is 6.55. The van der Waals surface area contributed by atoms with Gasteiger partial charge in [-0.05, 0) is 34.4 Å². The Morgan fingerprint density at radius 1 is 1.26 bits per heavy atom. The smallest absolute Gasteiger partial charge is 0.0609 e. The molecule has 19 heavy (non-hydrogen) atoms. The summed E-state index contributed by atoms with van der Waals surface area (Å²) in [6, 6.07) is 0.443. The highest BCUT2D eigenvalue weighted by molar-refractivity contribution is 4.85. The van der Waals surface area contributed by atoms with Crippen LogP contribution in [0.3, 0.4) is 0 Å². The van der Waals surface area contributed by atoms with Crippen molar-refractivity contribution in [2.45, 2.75) is 31.8 Å². The maximum Gasteiger partial charge on any atom is 0.0609 e. The predicted octanol–water partition coefficient (Wildman–Crippen LogP) is -0.346. The second kappa shape index (κ2) is 7.55. The minimum Gasteiger partial charge on any atom is -0.394 e. The molecular formula is C14H32N4O. The molecule has 0 aromatic carbocycles. The third-order valence-corrected chi connectivity index (χ3v) is 4.02. The van der Waals surface area contributed by atoms with Gasteiger partial charge in [-0.2, -0.15) is 0 Å². The molecule has 0 aromatic rings. The summed E-state index contributed by atoms with van der Waals surface area (Å²) >= 11 is 0. The van der Waals surface area contributed by atoms with Crippen molar-refractivity contribution in [3.05, 3.63) is 0 Å². The van der Waals surface area contributed by atoms with Crippen LogP contribution in [-0.2, 0) is 0 Å². The Morgan fingerprint density at radius 3 is 2.32 bits per heavy atom. The Balaban J connectivity index is 2.29. The van der Waals surface area contributed by atoms with Gasteiger partial charge in [0.05, 0.1) is 6.61 Å². The summed E-state index contributed by atoms with van der Waals surface area (Å²) in [5, 5.41) is 9.25. The average Bonchev–Trinajstić information content (AvgIpc) is 2.36. The van der Waals surface area contributed by atoms with Crippen molar-refractivity contribution < 1.29 is 5.11 Å². The van der Waals surface area contributed by atoms with Gasteiger partial charge in [0.2, 0.25) is 0 Å². The van der Waals surface area contributed by atoms with E-state index in [1.807, 2.05) is 6.92 Å². The lowest BCUT2D eigenvalue weighted by Gasteiger charge is -2.40. The largest absolute Gasteiger partial charge is 0.394 e. The molecule has 2 atom stereocenters. The molecule has 5 heteroatoms. The third kappa shape index (κ3) is 6.19. The zero-order valence-electron chi connectivity index (χ0n) is 13.1. The maximum absolute atomic E-state index is 9.25. The van der Waals surface area contributed by atoms with Crippen LogP contribution in [0.2, 0.25) is 0 Å². The van der Waals surface area contributed by atoms with E-state index in [4.69, 9.17) is 5.73 Å². The predicted molar refractivity (Wildman–Crippen MR) is 80.3 cm³/mol. The highest BCUT2D eigenvalue weighted by Crippen LogP contribution is 2.15. The second-order valence-corrected chi connectivity index (χ2v) is 6.55. The number of nitrogens with two attached hydrogens (primary N) is 1. The van der Waals surface area contributed by atoms with Gasteiger partial charge < -0.3 is 15.7 Å². The monoisotopic (exact) mass is 272 g/mol. The molecule has 0 saturated carbocycles. The fourth-order valence-corrected chi connectivity index (χ4v) is 2.64. The number of rotatable bonds is 7. The van der Waals surface area contributed by atoms with E-state index >= 15 is 0 Å². The zero-order chi connectivity index (χ0) is 14.5. The SMILES string of the molecule is CC(CC(C)(N)CO)N1CCN(CCN(C)C)CC1. The van der Waals surface area contributed by atoms with Crippen LogP contribution in [-0.4, -0.2) is 91.4 Å². The first-order valence-corrected chi connectivity index (χ1v) is 7.35. The van der Waals surface area contributed by atoms with Crippen molar-refractivity contribution >= 4 is 0 Å². The number of hydrogen-bond donors (Lipinski definition) is 2. The lowest BCUT2D eigenvalue weighted by atomic mass is 9.95. The van der Waals surface area contributed by atoms with Gasteiger partial charge in [0.15, 0.2) is 0 Å². The van der Waals surface area contributed by atoms with Crippen LogP contribution in [0.25, 0.3) is 0 Å². The fraction of sp³-hybridized carbons (Fsp3) is 1.00. The zero-order valence-corrected chi connectivity index (χ0v) is 13.1. The van der Waals surface area contributed by atoms with Crippen LogP contribution < -0.4 is 5.73 Å². The van der Waals surface area contributed by atoms with Gasteiger partial charge in [0, 0.05) is 50.8 Å². The van der Waals surface area contributed by atoms with Gasteiger partial charge in [-0.25, -0.2) is 0 Å². The van der Waals surface area contributed by atoms with Gasteiger partial charge in [-0.3, -0.25) is 9.80 Å². The Morgan fingerprint density at radius 2 is 1.84 bits per heavy atom. The van der Waals surface area contributed by atoms with E-state index < -0.39 is 5.54 Å². The van der Waals surface area contributed by atoms with E-state index in [2.05, 4.69) is 35.7 Å². The number of nitrogens with zero attached hydrogens (tertiary/aromatic N) is 3. The first kappa shape index (κ1) is 16.9. The van der Waals surface area contributed by atoms with E-state index in [1.165, 1.54) is 0 Å². The van der Waals surface area contributed by atoms with E-state index in [9.17, 15) is 5.11 Å². The standard InChI is InChI=1S/C14H32N4O/c1-13(11-14(2,15)12-19)18-9-7-17(8-10-18)6-5-16(3)4/h13,19H,5-12,15H2,1-4H3. The summed E-state index contributed by atoms with van der Waals surface area (Å²) in [6.45, 7) is 11.0. The Bertz CT molecular complexity index is 250. The van der Waals surface area contributed by atoms with Gasteiger partial charge in [-0.15, -0.1) is 0 Å². The topological polar surface area (TPSA) is 56.0 Å². The molecular weight excluding hydrogens is 240 g/mol. The number of piperazine rings is 1. The molecule has 3 N–H and O–H groups in total.